The average Bonchev–Trinajstić information content (AvgIpc) is 2.82. The van der Waals surface area contributed by atoms with Gasteiger partial charge in [-0.15, -0.1) is 26.3 Å². The quantitative estimate of drug-likeness (QED) is 0.285. The van der Waals surface area contributed by atoms with E-state index in [0.29, 0.717) is 24.3 Å². The predicted molar refractivity (Wildman–Crippen MR) is 128 cm³/mol. The van der Waals surface area contributed by atoms with E-state index in [9.17, 15) is 40.3 Å². The Morgan fingerprint density at radius 1 is 0.786 bits per heavy atom. The monoisotopic (exact) mass is 597 g/mol. The van der Waals surface area contributed by atoms with Gasteiger partial charge < -0.3 is 30.0 Å². The van der Waals surface area contributed by atoms with Gasteiger partial charge in [0.05, 0.1) is 0 Å². The number of hydrogen-bond acceptors (Lipinski definition) is 7. The minimum absolute atomic E-state index is 0.251. The second kappa shape index (κ2) is 11.7. The molecule has 3 aromatic rings. The topological polar surface area (TPSA) is 122 Å². The second-order valence-electron chi connectivity index (χ2n) is 7.86. The molecule has 3 N–H and O–H groups in total. The van der Waals surface area contributed by atoms with E-state index in [-0.39, 0.29) is 11.4 Å². The number of pyridine rings is 1. The summed E-state index contributed by atoms with van der Waals surface area (Å²) in [5, 5.41) is -0.703. The number of alkyl halides is 6. The summed E-state index contributed by atoms with van der Waals surface area (Å²) in [6.07, 6.45) is -9.82. The van der Waals surface area contributed by atoms with E-state index in [1.807, 2.05) is 0 Å². The van der Waals surface area contributed by atoms with Crippen molar-refractivity contribution < 1.29 is 63.7 Å². The zero-order valence-electron chi connectivity index (χ0n) is 20.3. The maximum atomic E-state index is 15.3. The maximum absolute atomic E-state index is 15.3. The molecular weight excluding hydrogens is 587 g/mol. The smallest absolute Gasteiger partial charge is 0.510 e. The van der Waals surface area contributed by atoms with E-state index < -0.39 is 75.8 Å². The number of halogens is 8. The van der Waals surface area contributed by atoms with Gasteiger partial charge in [0.2, 0.25) is 5.82 Å². The van der Waals surface area contributed by atoms with Crippen molar-refractivity contribution in [2.24, 2.45) is 5.73 Å². The van der Waals surface area contributed by atoms with Gasteiger partial charge in [0, 0.05) is 11.9 Å². The second-order valence-corrected chi connectivity index (χ2v) is 7.86. The molecule has 42 heavy (non-hydrogen) atoms. The van der Waals surface area contributed by atoms with Crippen LogP contribution < -0.4 is 30.0 Å². The number of amides is 2. The number of aromatic nitrogens is 1. The third-order valence-corrected chi connectivity index (χ3v) is 4.54. The van der Waals surface area contributed by atoms with Gasteiger partial charge in [-0.1, -0.05) is 0 Å². The maximum Gasteiger partial charge on any atom is 0.573 e. The number of primary amides is 1. The zero-order chi connectivity index (χ0) is 31.6. The average molecular weight is 597 g/mol. The van der Waals surface area contributed by atoms with Gasteiger partial charge >= 0.3 is 12.7 Å². The molecule has 0 aliphatic rings. The number of ether oxygens (including phenoxy) is 4. The molecule has 0 saturated carbocycles. The molecule has 2 amide bonds. The van der Waals surface area contributed by atoms with Crippen molar-refractivity contribution in [1.82, 2.24) is 4.98 Å². The minimum Gasteiger partial charge on any atom is -0.510 e. The first-order valence-corrected chi connectivity index (χ1v) is 10.7. The van der Waals surface area contributed by atoms with Crippen molar-refractivity contribution in [3.8, 4) is 28.7 Å². The molecule has 9 nitrogen and oxygen atoms in total. The Hall–Kier alpha value is -4.64. The summed E-state index contributed by atoms with van der Waals surface area (Å²) in [7, 11) is 15.7. The van der Waals surface area contributed by atoms with Crippen LogP contribution in [0.25, 0.3) is 0 Å². The molecule has 0 aliphatic carbocycles. The molecule has 214 valence electrons. The molecule has 1 heterocycles. The fourth-order valence-electron chi connectivity index (χ4n) is 3.07. The lowest BCUT2D eigenvalue weighted by atomic mass is 9.52. The molecule has 3 rings (SSSR count). The molecule has 0 bridgehead atoms. The van der Waals surface area contributed by atoms with E-state index in [1.54, 1.807) is 0 Å². The highest BCUT2D eigenvalue weighted by Gasteiger charge is 2.36. The van der Waals surface area contributed by atoms with Crippen LogP contribution in [0, 0.1) is 11.6 Å². The van der Waals surface area contributed by atoms with Crippen LogP contribution in [0.5, 0.6) is 28.7 Å². The van der Waals surface area contributed by atoms with Gasteiger partial charge in [-0.3, -0.25) is 14.6 Å². The van der Waals surface area contributed by atoms with Crippen molar-refractivity contribution in [2.45, 2.75) is 18.0 Å². The summed E-state index contributed by atoms with van der Waals surface area (Å²) in [5.41, 5.74) is 3.16. The number of carbonyl (C=O) groups is 2. The lowest BCUT2D eigenvalue weighted by Crippen LogP contribution is -2.38. The standard InChI is InChI=1S/C22H10B3F8N3O6/c23-20(24,25)42-17-13(4-3-12(16(17)27)41-22(31,32)33)39-10-1-2-11(40-21(28,29)30)15(26)14(10)19(38)36-8-5-6-35-9(7-8)18(34)37/h1-7H,(H2,34,37)(H,35,36,38). The molecule has 0 fully saturated rings. The van der Waals surface area contributed by atoms with Crippen molar-refractivity contribution >= 4 is 41.0 Å². The number of anilines is 1. The van der Waals surface area contributed by atoms with Crippen LogP contribution >= 0.6 is 0 Å². The van der Waals surface area contributed by atoms with E-state index in [2.05, 4.69) is 19.8 Å². The number of nitrogens with zero attached hydrogens (tertiary/aromatic N) is 1. The highest BCUT2D eigenvalue weighted by Crippen LogP contribution is 2.43. The lowest BCUT2D eigenvalue weighted by molar-refractivity contribution is -0.276. The predicted octanol–water partition coefficient (Wildman–Crippen LogP) is 3.80. The molecule has 1 aromatic heterocycles. The number of hydrogen-bond donors (Lipinski definition) is 2. The van der Waals surface area contributed by atoms with Crippen molar-refractivity contribution in [1.29, 1.82) is 0 Å². The number of nitrogens with two attached hydrogens (primary N) is 1. The Morgan fingerprint density at radius 3 is 1.83 bits per heavy atom. The Morgan fingerprint density at radius 2 is 1.31 bits per heavy atom. The van der Waals surface area contributed by atoms with Gasteiger partial charge in [0.15, 0.2) is 28.8 Å². The van der Waals surface area contributed by atoms with Crippen molar-refractivity contribution in [3.05, 3.63) is 65.5 Å². The van der Waals surface area contributed by atoms with E-state index >= 15 is 4.39 Å². The number of benzene rings is 2. The molecule has 2 aromatic carbocycles. The fraction of sp³-hybridized carbons (Fsp3) is 0.136. The van der Waals surface area contributed by atoms with E-state index in [4.69, 9.17) is 38.7 Å². The lowest BCUT2D eigenvalue weighted by Gasteiger charge is -2.26. The van der Waals surface area contributed by atoms with Gasteiger partial charge in [-0.05, 0) is 41.7 Å². The molecular formula is C22H10B3F8N3O6. The summed E-state index contributed by atoms with van der Waals surface area (Å²) in [6, 6.07) is 3.87. The summed E-state index contributed by atoms with van der Waals surface area (Å²) >= 11 is 0. The summed E-state index contributed by atoms with van der Waals surface area (Å²) in [5.74, 6) is -12.7. The highest BCUT2D eigenvalue weighted by atomic mass is 19.4. The van der Waals surface area contributed by atoms with Crippen molar-refractivity contribution in [3.63, 3.8) is 0 Å². The first-order chi connectivity index (χ1) is 19.2. The molecule has 0 atom stereocenters. The molecule has 6 radical (unpaired) electrons. The number of nitrogens with one attached hydrogen (secondary N) is 1. The van der Waals surface area contributed by atoms with Crippen LogP contribution in [-0.4, -0.2) is 58.4 Å². The largest absolute Gasteiger partial charge is 0.573 e. The van der Waals surface area contributed by atoms with Crippen LogP contribution in [0.4, 0.5) is 40.8 Å². The van der Waals surface area contributed by atoms with Crippen LogP contribution in [0.3, 0.4) is 0 Å². The Balaban J connectivity index is 2.15. The van der Waals surface area contributed by atoms with Gasteiger partial charge in [-0.25, -0.2) is 4.39 Å². The van der Waals surface area contributed by atoms with Crippen LogP contribution in [0.1, 0.15) is 20.8 Å². The van der Waals surface area contributed by atoms with E-state index in [1.165, 1.54) is 0 Å². The SMILES string of the molecule is [B]C([B])([B])Oc1c(Oc2ccc(OC(F)(F)F)c(F)c2C(=O)Nc2ccnc(C(N)=O)c2)ccc(OC(F)(F)F)c1F. The Bertz CT molecular complexity index is 1520. The van der Waals surface area contributed by atoms with Crippen LogP contribution in [0.2, 0.25) is 0 Å². The summed E-state index contributed by atoms with van der Waals surface area (Å²) in [6.45, 7) is 0. The molecule has 0 aliphatic heterocycles. The first kappa shape index (κ1) is 31.9. The van der Waals surface area contributed by atoms with E-state index in [0.717, 1.165) is 18.3 Å². The minimum atomic E-state index is -5.43. The third-order valence-electron chi connectivity index (χ3n) is 4.54. The van der Waals surface area contributed by atoms with Gasteiger partial charge in [0.1, 0.15) is 40.5 Å². The third kappa shape index (κ3) is 8.44. The van der Waals surface area contributed by atoms with Gasteiger partial charge in [-0.2, -0.15) is 4.39 Å². The molecule has 0 saturated heterocycles. The normalized spacial score (nSPS) is 11.9. The molecule has 0 spiro atoms. The molecule has 20 heteroatoms. The van der Waals surface area contributed by atoms with Crippen LogP contribution in [-0.2, 0) is 0 Å². The summed E-state index contributed by atoms with van der Waals surface area (Å²) in [4.78, 5) is 28.0. The van der Waals surface area contributed by atoms with Crippen LogP contribution in [0.15, 0.2) is 42.6 Å². The summed E-state index contributed by atoms with van der Waals surface area (Å²) < 4.78 is 124. The Labute approximate surface area is 233 Å². The Kier molecular flexibility index (Phi) is 8.88. The zero-order valence-corrected chi connectivity index (χ0v) is 20.3. The number of carbonyl (C=O) groups excluding carboxylic acids is 2. The molecule has 0 unspecified atom stereocenters. The van der Waals surface area contributed by atoms with Gasteiger partial charge in [0.25, 0.3) is 11.8 Å². The first-order valence-electron chi connectivity index (χ1n) is 10.7. The fourth-order valence-corrected chi connectivity index (χ4v) is 3.07. The number of rotatable bonds is 9. The highest BCUT2D eigenvalue weighted by molar-refractivity contribution is 6.58. The van der Waals surface area contributed by atoms with Crippen molar-refractivity contribution in [2.75, 3.05) is 5.32 Å².